The SMILES string of the molecule is NC(=O)[N+]1(c2cccc(Cl)c2)SC(Cl)(Cl)C(Cl)(Cl)C1=O. The topological polar surface area (TPSA) is 60.2 Å². The lowest BCUT2D eigenvalue weighted by atomic mass is 10.2. The number of urea groups is 1. The van der Waals surface area contributed by atoms with Crippen molar-refractivity contribution in [2.75, 3.05) is 0 Å². The minimum absolute atomic E-state index is 0.161. The average Bonchev–Trinajstić information content (AvgIpc) is 2.47. The number of halogens is 5. The first-order valence-corrected chi connectivity index (χ1v) is 7.68. The molecular weight excluding hydrogens is 389 g/mol. The van der Waals surface area contributed by atoms with Crippen molar-refractivity contribution >= 4 is 87.6 Å². The van der Waals surface area contributed by atoms with E-state index in [1.165, 1.54) is 12.1 Å². The maximum absolute atomic E-state index is 12.5. The Kier molecular flexibility index (Phi) is 4.20. The number of primary amides is 1. The molecular formula is C10H6Cl5N2O2S+. The molecule has 2 rings (SSSR count). The number of carbonyl (C=O) groups is 2. The van der Waals surface area contributed by atoms with Gasteiger partial charge in [-0.15, -0.1) is 0 Å². The molecule has 1 aromatic rings. The number of imide groups is 1. The number of benzene rings is 1. The minimum Gasteiger partial charge on any atom is -0.317 e. The molecule has 10 heteroatoms. The predicted octanol–water partition coefficient (Wildman–Crippen LogP) is 4.22. The van der Waals surface area contributed by atoms with Crippen molar-refractivity contribution in [2.45, 2.75) is 8.00 Å². The number of nitrogens with zero attached hydrogens (tertiary/aromatic N) is 1. The number of carbonyl (C=O) groups excluding carboxylic acids is 2. The Morgan fingerprint density at radius 2 is 1.85 bits per heavy atom. The van der Waals surface area contributed by atoms with Gasteiger partial charge in [0.05, 0.1) is 0 Å². The van der Waals surface area contributed by atoms with E-state index in [1.807, 2.05) is 0 Å². The molecule has 0 saturated carbocycles. The molecule has 1 unspecified atom stereocenters. The van der Waals surface area contributed by atoms with E-state index >= 15 is 0 Å². The summed E-state index contributed by atoms with van der Waals surface area (Å²) >= 11 is 30.1. The summed E-state index contributed by atoms with van der Waals surface area (Å²) in [5.74, 6) is -0.953. The maximum atomic E-state index is 12.5. The lowest BCUT2D eigenvalue weighted by molar-refractivity contribution is -0.123. The Morgan fingerprint density at radius 1 is 1.25 bits per heavy atom. The number of amides is 3. The van der Waals surface area contributed by atoms with Crippen molar-refractivity contribution in [2.24, 2.45) is 5.73 Å². The van der Waals surface area contributed by atoms with Crippen LogP contribution in [-0.4, -0.2) is 19.9 Å². The van der Waals surface area contributed by atoms with E-state index in [1.54, 1.807) is 12.1 Å². The van der Waals surface area contributed by atoms with E-state index in [-0.39, 0.29) is 5.69 Å². The summed E-state index contributed by atoms with van der Waals surface area (Å²) in [6.45, 7) is 0. The Labute approximate surface area is 143 Å². The van der Waals surface area contributed by atoms with Crippen LogP contribution in [0.2, 0.25) is 5.02 Å². The van der Waals surface area contributed by atoms with E-state index in [9.17, 15) is 9.59 Å². The highest BCUT2D eigenvalue weighted by atomic mass is 35.5. The third-order valence-electron chi connectivity index (χ3n) is 2.65. The van der Waals surface area contributed by atoms with Crippen LogP contribution in [-0.2, 0) is 4.79 Å². The van der Waals surface area contributed by atoms with Gasteiger partial charge in [0.25, 0.3) is 8.00 Å². The minimum atomic E-state index is -2.21. The molecule has 20 heavy (non-hydrogen) atoms. The number of hydrogen-bond donors (Lipinski definition) is 1. The fourth-order valence-electron chi connectivity index (χ4n) is 1.71. The van der Waals surface area contributed by atoms with Crippen LogP contribution in [0.15, 0.2) is 24.3 Å². The van der Waals surface area contributed by atoms with Gasteiger partial charge in [0, 0.05) is 17.2 Å². The van der Waals surface area contributed by atoms with Crippen LogP contribution >= 0.6 is 70.0 Å². The Balaban J connectivity index is 2.71. The van der Waals surface area contributed by atoms with E-state index in [4.69, 9.17) is 63.7 Å². The smallest absolute Gasteiger partial charge is 0.317 e. The first-order chi connectivity index (χ1) is 9.05. The van der Waals surface area contributed by atoms with Gasteiger partial charge in [-0.2, -0.15) is 0 Å². The van der Waals surface area contributed by atoms with Crippen LogP contribution in [0, 0.1) is 0 Å². The Morgan fingerprint density at radius 3 is 2.25 bits per heavy atom. The van der Waals surface area contributed by atoms with Gasteiger partial charge in [0.1, 0.15) is 11.9 Å². The lowest BCUT2D eigenvalue weighted by Crippen LogP contribution is -2.56. The summed E-state index contributed by atoms with van der Waals surface area (Å²) in [5, 5.41) is 0.297. The zero-order chi connectivity index (χ0) is 15.3. The first kappa shape index (κ1) is 16.5. The Bertz CT molecular complexity index is 609. The molecule has 1 heterocycles. The molecule has 1 fully saturated rings. The third-order valence-corrected chi connectivity index (χ3v) is 6.74. The number of alkyl halides is 4. The highest BCUT2D eigenvalue weighted by molar-refractivity contribution is 8.05. The van der Waals surface area contributed by atoms with Gasteiger partial charge in [0.15, 0.2) is 5.69 Å². The Hall–Kier alpha value is 0.120. The van der Waals surface area contributed by atoms with Gasteiger partial charge in [-0.05, 0) is 6.07 Å². The fourth-order valence-corrected chi connectivity index (χ4v) is 4.31. The van der Waals surface area contributed by atoms with Crippen LogP contribution in [0.25, 0.3) is 0 Å². The molecule has 1 saturated heterocycles. The summed E-state index contributed by atoms with van der Waals surface area (Å²) in [5.41, 5.74) is 5.52. The molecule has 0 bridgehead atoms. The molecule has 0 aromatic heterocycles. The second kappa shape index (κ2) is 5.09. The lowest BCUT2D eigenvalue weighted by Gasteiger charge is -2.23. The molecule has 0 spiro atoms. The number of hydrogen-bond acceptors (Lipinski definition) is 3. The number of quaternary nitrogens is 1. The molecule has 1 atom stereocenters. The van der Waals surface area contributed by atoms with Gasteiger partial charge in [0.2, 0.25) is 0 Å². The normalized spacial score (nSPS) is 27.6. The monoisotopic (exact) mass is 393 g/mol. The fraction of sp³-hybridized carbons (Fsp3) is 0.200. The zero-order valence-corrected chi connectivity index (χ0v) is 14.0. The molecule has 1 aromatic carbocycles. The molecule has 1 aliphatic rings. The molecule has 4 nitrogen and oxygen atoms in total. The number of rotatable bonds is 1. The van der Waals surface area contributed by atoms with Crippen LogP contribution in [0.1, 0.15) is 0 Å². The average molecular weight is 396 g/mol. The van der Waals surface area contributed by atoms with Gasteiger partial charge in [-0.1, -0.05) is 68.0 Å². The van der Waals surface area contributed by atoms with Crippen LogP contribution in [0.5, 0.6) is 0 Å². The maximum Gasteiger partial charge on any atom is 0.438 e. The number of nitrogens with two attached hydrogens (primary N) is 1. The van der Waals surface area contributed by atoms with Crippen LogP contribution in [0.4, 0.5) is 10.5 Å². The quantitative estimate of drug-likeness (QED) is 0.440. The molecule has 0 aliphatic carbocycles. The van der Waals surface area contributed by atoms with E-state index < -0.39 is 23.8 Å². The zero-order valence-electron chi connectivity index (χ0n) is 9.45. The molecule has 108 valence electrons. The standard InChI is InChI=1S/C10H5Cl5N2O2S/c11-5-2-1-3-6(4-5)17(8(16)19)7(18)9(12,13)10(14,15)20-17/h1-4H,(H-,16,19)/p+1. The highest BCUT2D eigenvalue weighted by Gasteiger charge is 2.77. The molecule has 1 aliphatic heterocycles. The summed E-state index contributed by atoms with van der Waals surface area (Å²) in [7, 11) is 0. The van der Waals surface area contributed by atoms with Crippen molar-refractivity contribution in [3.8, 4) is 0 Å². The second-order valence-electron chi connectivity index (χ2n) is 3.91. The van der Waals surface area contributed by atoms with Crippen LogP contribution in [0.3, 0.4) is 0 Å². The van der Waals surface area contributed by atoms with Crippen molar-refractivity contribution < 1.29 is 9.59 Å². The summed E-state index contributed by atoms with van der Waals surface area (Å²) in [4.78, 5) is 24.4. The van der Waals surface area contributed by atoms with Crippen molar-refractivity contribution in [1.29, 1.82) is 0 Å². The molecule has 0 radical (unpaired) electrons. The van der Waals surface area contributed by atoms with Crippen molar-refractivity contribution in [3.63, 3.8) is 0 Å². The third kappa shape index (κ3) is 2.20. The van der Waals surface area contributed by atoms with Crippen LogP contribution < -0.4 is 9.62 Å². The van der Waals surface area contributed by atoms with Crippen molar-refractivity contribution in [3.05, 3.63) is 29.3 Å². The molecule has 3 amide bonds. The summed E-state index contributed by atoms with van der Waals surface area (Å²) in [6, 6.07) is 4.94. The van der Waals surface area contributed by atoms with Gasteiger partial charge in [-0.3, -0.25) is 0 Å². The van der Waals surface area contributed by atoms with Gasteiger partial charge in [-0.25, -0.2) is 9.59 Å². The van der Waals surface area contributed by atoms with Crippen molar-refractivity contribution in [1.82, 2.24) is 3.89 Å². The van der Waals surface area contributed by atoms with E-state index in [0.717, 1.165) is 0 Å². The van der Waals surface area contributed by atoms with E-state index in [2.05, 4.69) is 0 Å². The first-order valence-electron chi connectivity index (χ1n) is 5.02. The summed E-state index contributed by atoms with van der Waals surface area (Å²) < 4.78 is -5.25. The van der Waals surface area contributed by atoms with Gasteiger partial charge >= 0.3 is 11.9 Å². The predicted molar refractivity (Wildman–Crippen MR) is 84.3 cm³/mol. The second-order valence-corrected chi connectivity index (χ2v) is 8.80. The van der Waals surface area contributed by atoms with E-state index in [0.29, 0.717) is 17.0 Å². The van der Waals surface area contributed by atoms with Gasteiger partial charge < -0.3 is 5.73 Å². The molecule has 2 N–H and O–H groups in total. The largest absolute Gasteiger partial charge is 0.438 e. The summed E-state index contributed by atoms with van der Waals surface area (Å²) in [6.07, 6.45) is 0. The highest BCUT2D eigenvalue weighted by Crippen LogP contribution is 2.63.